The maximum absolute atomic E-state index is 11.6. The molecule has 0 saturated heterocycles. The molecule has 6 atom stereocenters. The smallest absolute Gasteiger partial charge is 0.302 e. The van der Waals surface area contributed by atoms with Crippen LogP contribution >= 0.6 is 0 Å². The molecule has 0 aromatic rings. The van der Waals surface area contributed by atoms with Gasteiger partial charge in [-0.1, -0.05) is 37.1 Å². The van der Waals surface area contributed by atoms with Gasteiger partial charge in [-0.25, -0.2) is 0 Å². The lowest BCUT2D eigenvalue weighted by Crippen LogP contribution is -2.47. The van der Waals surface area contributed by atoms with Crippen molar-refractivity contribution >= 4 is 11.9 Å². The zero-order chi connectivity index (χ0) is 19.4. The molecule has 0 aromatic carbocycles. The van der Waals surface area contributed by atoms with Crippen molar-refractivity contribution in [3.63, 3.8) is 0 Å². The molecule has 4 aliphatic carbocycles. The van der Waals surface area contributed by atoms with Crippen LogP contribution in [0.25, 0.3) is 0 Å². The van der Waals surface area contributed by atoms with Crippen molar-refractivity contribution in [2.45, 2.75) is 84.8 Å². The van der Waals surface area contributed by atoms with Gasteiger partial charge in [-0.2, -0.15) is 0 Å². The predicted octanol–water partition coefficient (Wildman–Crippen LogP) is 4.73. The second-order valence-electron chi connectivity index (χ2n) is 9.58. The van der Waals surface area contributed by atoms with E-state index in [1.165, 1.54) is 19.4 Å². The second-order valence-corrected chi connectivity index (χ2v) is 9.58. The normalized spacial score (nSPS) is 42.8. The van der Waals surface area contributed by atoms with Crippen molar-refractivity contribution in [1.82, 2.24) is 0 Å². The third-order valence-electron chi connectivity index (χ3n) is 8.08. The number of esters is 2. The molecule has 3 fully saturated rings. The first-order chi connectivity index (χ1) is 12.7. The molecule has 0 heterocycles. The zero-order valence-corrected chi connectivity index (χ0v) is 17.0. The molecule has 148 valence electrons. The molecule has 3 saturated carbocycles. The van der Waals surface area contributed by atoms with Gasteiger partial charge in [-0.15, -0.1) is 0 Å². The molecule has 0 aliphatic heterocycles. The summed E-state index contributed by atoms with van der Waals surface area (Å²) in [5, 5.41) is 0. The molecular weight excluding hydrogens is 340 g/mol. The topological polar surface area (TPSA) is 52.6 Å². The fourth-order valence-electron chi connectivity index (χ4n) is 6.65. The van der Waals surface area contributed by atoms with E-state index in [2.05, 4.69) is 26.0 Å². The Bertz CT molecular complexity index is 720. The molecule has 0 bridgehead atoms. The van der Waals surface area contributed by atoms with E-state index in [1.54, 1.807) is 5.57 Å². The Balaban J connectivity index is 1.60. The van der Waals surface area contributed by atoms with Gasteiger partial charge in [0.05, 0.1) is 0 Å². The molecule has 4 rings (SSSR count). The van der Waals surface area contributed by atoms with Gasteiger partial charge in [0.25, 0.3) is 0 Å². The highest BCUT2D eigenvalue weighted by Gasteiger charge is 2.57. The Labute approximate surface area is 162 Å². The van der Waals surface area contributed by atoms with Crippen molar-refractivity contribution in [1.29, 1.82) is 0 Å². The van der Waals surface area contributed by atoms with E-state index in [0.29, 0.717) is 11.8 Å². The highest BCUT2D eigenvalue weighted by atomic mass is 16.5. The number of rotatable bonds is 2. The van der Waals surface area contributed by atoms with Gasteiger partial charge in [-0.3, -0.25) is 9.59 Å². The standard InChI is InChI=1S/C23H32O4/c1-14(24)26-17-9-11-22(3)16(13-17)5-6-18-19-7-8-21(27-15(2)25)23(19,4)12-10-20(18)22/h5-6,17,19-21H,7-13H2,1-4H3/t17-,19-,20-,21-,22-,23-/m0/s1. The third-order valence-corrected chi connectivity index (χ3v) is 8.08. The number of carbonyl (C=O) groups is 2. The van der Waals surface area contributed by atoms with E-state index in [-0.39, 0.29) is 35.0 Å². The highest BCUT2D eigenvalue weighted by Crippen LogP contribution is 2.63. The lowest BCUT2D eigenvalue weighted by Gasteiger charge is -2.54. The first-order valence-corrected chi connectivity index (χ1v) is 10.5. The minimum atomic E-state index is -0.174. The van der Waals surface area contributed by atoms with Crippen molar-refractivity contribution < 1.29 is 19.1 Å². The van der Waals surface area contributed by atoms with E-state index in [4.69, 9.17) is 9.47 Å². The van der Waals surface area contributed by atoms with Crippen molar-refractivity contribution in [3.8, 4) is 0 Å². The van der Waals surface area contributed by atoms with E-state index in [1.807, 2.05) is 0 Å². The van der Waals surface area contributed by atoms with Gasteiger partial charge >= 0.3 is 11.9 Å². The van der Waals surface area contributed by atoms with Crippen LogP contribution < -0.4 is 0 Å². The highest BCUT2D eigenvalue weighted by molar-refractivity contribution is 5.66. The summed E-state index contributed by atoms with van der Waals surface area (Å²) in [7, 11) is 0. The van der Waals surface area contributed by atoms with E-state index >= 15 is 0 Å². The second kappa shape index (κ2) is 6.49. The number of ether oxygens (including phenoxy) is 2. The van der Waals surface area contributed by atoms with Crippen LogP contribution in [0.4, 0.5) is 0 Å². The number of hydrogen-bond acceptors (Lipinski definition) is 4. The van der Waals surface area contributed by atoms with Crippen LogP contribution in [0.15, 0.2) is 23.3 Å². The predicted molar refractivity (Wildman–Crippen MR) is 103 cm³/mol. The molecule has 0 spiro atoms. The fraction of sp³-hybridized carbons (Fsp3) is 0.739. The average Bonchev–Trinajstić information content (AvgIpc) is 2.91. The minimum absolute atomic E-state index is 0.0328. The quantitative estimate of drug-likeness (QED) is 0.658. The lowest BCUT2D eigenvalue weighted by molar-refractivity contribution is -0.153. The monoisotopic (exact) mass is 372 g/mol. The van der Waals surface area contributed by atoms with Gasteiger partial charge in [0, 0.05) is 25.7 Å². The summed E-state index contributed by atoms with van der Waals surface area (Å²) < 4.78 is 11.2. The number of allylic oxidation sites excluding steroid dienone is 3. The maximum Gasteiger partial charge on any atom is 0.302 e. The first-order valence-electron chi connectivity index (χ1n) is 10.5. The fourth-order valence-corrected chi connectivity index (χ4v) is 6.65. The van der Waals surface area contributed by atoms with Gasteiger partial charge in [-0.05, 0) is 55.8 Å². The Morgan fingerprint density at radius 1 is 0.926 bits per heavy atom. The van der Waals surface area contributed by atoms with Gasteiger partial charge in [0.1, 0.15) is 12.2 Å². The van der Waals surface area contributed by atoms with E-state index < -0.39 is 0 Å². The molecule has 0 N–H and O–H groups in total. The lowest BCUT2D eigenvalue weighted by atomic mass is 9.51. The van der Waals surface area contributed by atoms with Crippen molar-refractivity contribution in [2.24, 2.45) is 22.7 Å². The summed E-state index contributed by atoms with van der Waals surface area (Å²) in [6.07, 6.45) is 12.0. The van der Waals surface area contributed by atoms with Gasteiger partial charge in [0.2, 0.25) is 0 Å². The Hall–Kier alpha value is -1.58. The Morgan fingerprint density at radius 3 is 2.37 bits per heavy atom. The first kappa shape index (κ1) is 18.8. The summed E-state index contributed by atoms with van der Waals surface area (Å²) >= 11 is 0. The molecule has 4 heteroatoms. The third kappa shape index (κ3) is 2.96. The Kier molecular flexibility index (Phi) is 4.51. The van der Waals surface area contributed by atoms with Crippen LogP contribution in [-0.4, -0.2) is 24.1 Å². The molecule has 0 aromatic heterocycles. The Morgan fingerprint density at radius 2 is 1.67 bits per heavy atom. The SMILES string of the molecule is CC(=O)O[C@H]1CC[C@@]2(C)C(=CC=C3[C@@H]4CC[C@H](OC(C)=O)[C@@]4(C)CC[C@@H]32)C1. The zero-order valence-electron chi connectivity index (χ0n) is 17.0. The van der Waals surface area contributed by atoms with Gasteiger partial charge < -0.3 is 9.47 Å². The van der Waals surface area contributed by atoms with Crippen LogP contribution in [0.1, 0.15) is 72.6 Å². The van der Waals surface area contributed by atoms with Crippen molar-refractivity contribution in [2.75, 3.05) is 0 Å². The molecule has 0 amide bonds. The van der Waals surface area contributed by atoms with Crippen LogP contribution in [-0.2, 0) is 19.1 Å². The van der Waals surface area contributed by atoms with E-state index in [9.17, 15) is 9.59 Å². The van der Waals surface area contributed by atoms with Crippen LogP contribution in [0, 0.1) is 22.7 Å². The number of fused-ring (bicyclic) bond motifs is 5. The summed E-state index contributed by atoms with van der Waals surface area (Å²) in [6, 6.07) is 0. The minimum Gasteiger partial charge on any atom is -0.462 e. The summed E-state index contributed by atoms with van der Waals surface area (Å²) in [6.45, 7) is 7.78. The molecule has 4 nitrogen and oxygen atoms in total. The summed E-state index contributed by atoms with van der Waals surface area (Å²) in [5.74, 6) is 0.762. The maximum atomic E-state index is 11.6. The summed E-state index contributed by atoms with van der Waals surface area (Å²) in [5.41, 5.74) is 3.29. The molecule has 27 heavy (non-hydrogen) atoms. The molecule has 0 radical (unpaired) electrons. The largest absolute Gasteiger partial charge is 0.462 e. The number of hydrogen-bond donors (Lipinski definition) is 0. The van der Waals surface area contributed by atoms with Gasteiger partial charge in [0.15, 0.2) is 0 Å². The van der Waals surface area contributed by atoms with E-state index in [0.717, 1.165) is 44.9 Å². The molecule has 0 unspecified atom stereocenters. The van der Waals surface area contributed by atoms with Crippen LogP contribution in [0.3, 0.4) is 0 Å². The summed E-state index contributed by atoms with van der Waals surface area (Å²) in [4.78, 5) is 22.9. The van der Waals surface area contributed by atoms with Crippen LogP contribution in [0.2, 0.25) is 0 Å². The number of carbonyl (C=O) groups excluding carboxylic acids is 2. The molecule has 4 aliphatic rings. The van der Waals surface area contributed by atoms with Crippen LogP contribution in [0.5, 0.6) is 0 Å². The van der Waals surface area contributed by atoms with Crippen molar-refractivity contribution in [3.05, 3.63) is 23.3 Å². The molecular formula is C23H32O4. The average molecular weight is 373 g/mol.